The van der Waals surface area contributed by atoms with Crippen LogP contribution in [0.3, 0.4) is 0 Å². The molecule has 0 bridgehead atoms. The van der Waals surface area contributed by atoms with E-state index in [2.05, 4.69) is 22.4 Å². The molecule has 1 atom stereocenters. The fourth-order valence-corrected chi connectivity index (χ4v) is 2.14. The van der Waals surface area contributed by atoms with Crippen LogP contribution in [-0.2, 0) is 11.2 Å². The van der Waals surface area contributed by atoms with Crippen LogP contribution < -0.4 is 16.4 Å². The van der Waals surface area contributed by atoms with Crippen molar-refractivity contribution in [3.63, 3.8) is 0 Å². The highest BCUT2D eigenvalue weighted by Crippen LogP contribution is 2.26. The van der Waals surface area contributed by atoms with E-state index < -0.39 is 6.23 Å². The zero-order valence-corrected chi connectivity index (χ0v) is 13.4. The highest BCUT2D eigenvalue weighted by molar-refractivity contribution is 5.87. The third-order valence-electron chi connectivity index (χ3n) is 3.45. The topological polar surface area (TPSA) is 111 Å². The third-order valence-corrected chi connectivity index (χ3v) is 3.45. The molecule has 2 rings (SSSR count). The molecule has 0 aliphatic carbocycles. The predicted octanol–water partition coefficient (Wildman–Crippen LogP) is 1.94. The van der Waals surface area contributed by atoms with Gasteiger partial charge in [-0.2, -0.15) is 0 Å². The van der Waals surface area contributed by atoms with E-state index in [1.54, 1.807) is 0 Å². The van der Waals surface area contributed by atoms with Gasteiger partial charge >= 0.3 is 0 Å². The van der Waals surface area contributed by atoms with Gasteiger partial charge < -0.3 is 26.9 Å². The average molecular weight is 306 g/mol. The van der Waals surface area contributed by atoms with E-state index in [0.717, 1.165) is 18.7 Å². The van der Waals surface area contributed by atoms with E-state index in [1.165, 1.54) is 11.3 Å². The predicted molar refractivity (Wildman–Crippen MR) is 90.3 cm³/mol. The molecule has 0 aromatic heterocycles. The minimum Gasteiger partial charge on any atom is -0.384 e. The first-order valence-electron chi connectivity index (χ1n) is 7.32. The van der Waals surface area contributed by atoms with E-state index in [1.807, 2.05) is 32.9 Å². The van der Waals surface area contributed by atoms with E-state index >= 15 is 0 Å². The summed E-state index contributed by atoms with van der Waals surface area (Å²) in [5.41, 5.74) is 7.90. The van der Waals surface area contributed by atoms with E-state index in [9.17, 15) is 5.11 Å². The lowest BCUT2D eigenvalue weighted by atomic mass is 9.88. The Labute approximate surface area is 131 Å². The molecule has 1 aliphatic heterocycles. The summed E-state index contributed by atoms with van der Waals surface area (Å²) in [5.74, 6) is 0. The van der Waals surface area contributed by atoms with Crippen LogP contribution in [0.2, 0.25) is 0 Å². The van der Waals surface area contributed by atoms with Crippen LogP contribution in [0.15, 0.2) is 18.2 Å². The number of hydrogen-bond acceptors (Lipinski definition) is 5. The summed E-state index contributed by atoms with van der Waals surface area (Å²) >= 11 is 0. The fourth-order valence-electron chi connectivity index (χ4n) is 2.14. The Hall–Kier alpha value is -2.08. The molecule has 6 heteroatoms. The zero-order valence-electron chi connectivity index (χ0n) is 13.4. The highest BCUT2D eigenvalue weighted by atomic mass is 16.3. The van der Waals surface area contributed by atoms with Gasteiger partial charge in [0.2, 0.25) is 6.41 Å². The van der Waals surface area contributed by atoms with Crippen LogP contribution in [0.25, 0.3) is 0 Å². The minimum atomic E-state index is -0.709. The normalized spacial score (nSPS) is 14.0. The SMILES string of the molecule is CC(C)(C)C(=N)CC(O)Nc1ccc2c(c1)CCN2.NC=O. The standard InChI is InChI=1S/C15H23N3O.CH3NO/c1-15(2,3)13(16)9-14(19)18-11-4-5-12-10(8-11)6-7-17-12;2-1-3/h4-5,8,14,16-19H,6-7,9H2,1-3H3;1H,(H2,2,3). The third kappa shape index (κ3) is 5.37. The Morgan fingerprint density at radius 1 is 1.55 bits per heavy atom. The van der Waals surface area contributed by atoms with Gasteiger partial charge in [0, 0.05) is 30.1 Å². The number of carbonyl (C=O) groups is 1. The molecule has 1 heterocycles. The molecule has 1 aliphatic rings. The minimum absolute atomic E-state index is 0.190. The van der Waals surface area contributed by atoms with Crippen LogP contribution in [0.1, 0.15) is 32.8 Å². The van der Waals surface area contributed by atoms with Gasteiger partial charge in [-0.3, -0.25) is 4.79 Å². The second-order valence-electron chi connectivity index (χ2n) is 6.28. The van der Waals surface area contributed by atoms with Crippen molar-refractivity contribution in [3.8, 4) is 0 Å². The van der Waals surface area contributed by atoms with Gasteiger partial charge in [-0.1, -0.05) is 20.8 Å². The Bertz CT molecular complexity index is 523. The summed E-state index contributed by atoms with van der Waals surface area (Å²) in [6.45, 7) is 6.95. The number of nitrogens with two attached hydrogens (primary N) is 1. The van der Waals surface area contributed by atoms with Crippen LogP contribution in [0, 0.1) is 10.8 Å². The molecule has 0 spiro atoms. The van der Waals surface area contributed by atoms with Gasteiger partial charge in [-0.15, -0.1) is 0 Å². The first-order chi connectivity index (χ1) is 10.3. The second-order valence-corrected chi connectivity index (χ2v) is 6.28. The van der Waals surface area contributed by atoms with Gasteiger partial charge in [0.15, 0.2) is 0 Å². The van der Waals surface area contributed by atoms with Crippen LogP contribution in [-0.4, -0.2) is 30.0 Å². The molecule has 22 heavy (non-hydrogen) atoms. The lowest BCUT2D eigenvalue weighted by Crippen LogP contribution is -2.28. The van der Waals surface area contributed by atoms with Crippen molar-refractivity contribution in [1.29, 1.82) is 5.41 Å². The highest BCUT2D eigenvalue weighted by Gasteiger charge is 2.20. The van der Waals surface area contributed by atoms with Crippen molar-refractivity contribution in [2.45, 2.75) is 39.8 Å². The molecule has 1 amide bonds. The molecule has 0 saturated heterocycles. The van der Waals surface area contributed by atoms with Gasteiger partial charge in [0.05, 0.1) is 0 Å². The number of rotatable bonds is 4. The zero-order chi connectivity index (χ0) is 16.8. The maximum Gasteiger partial charge on any atom is 0.204 e. The fraction of sp³-hybridized carbons (Fsp3) is 0.500. The summed E-state index contributed by atoms with van der Waals surface area (Å²) in [7, 11) is 0. The quantitative estimate of drug-likeness (QED) is 0.332. The van der Waals surface area contributed by atoms with E-state index in [-0.39, 0.29) is 11.8 Å². The van der Waals surface area contributed by atoms with Crippen molar-refractivity contribution in [2.24, 2.45) is 11.1 Å². The number of aliphatic hydroxyl groups is 1. The van der Waals surface area contributed by atoms with E-state index in [4.69, 9.17) is 10.2 Å². The van der Waals surface area contributed by atoms with Gasteiger partial charge in [0.1, 0.15) is 6.23 Å². The average Bonchev–Trinajstić information content (AvgIpc) is 2.85. The van der Waals surface area contributed by atoms with E-state index in [0.29, 0.717) is 12.1 Å². The number of aliphatic hydroxyl groups excluding tert-OH is 1. The molecule has 6 N–H and O–H groups in total. The number of anilines is 2. The molecule has 1 unspecified atom stereocenters. The van der Waals surface area contributed by atoms with Crippen molar-refractivity contribution in [1.82, 2.24) is 0 Å². The number of nitrogens with one attached hydrogen (secondary N) is 3. The lowest BCUT2D eigenvalue weighted by Gasteiger charge is -2.23. The number of benzene rings is 1. The monoisotopic (exact) mass is 306 g/mol. The summed E-state index contributed by atoms with van der Waals surface area (Å²) in [6.07, 6.45) is 0.913. The number of fused-ring (bicyclic) bond motifs is 1. The molecule has 0 fully saturated rings. The summed E-state index contributed by atoms with van der Waals surface area (Å²) in [4.78, 5) is 8.58. The maximum absolute atomic E-state index is 10.0. The van der Waals surface area contributed by atoms with Crippen LogP contribution in [0.4, 0.5) is 11.4 Å². The molecular weight excluding hydrogens is 280 g/mol. The van der Waals surface area contributed by atoms with Gasteiger partial charge in [0.25, 0.3) is 0 Å². The Morgan fingerprint density at radius 2 is 2.18 bits per heavy atom. The Kier molecular flexibility index (Phi) is 6.37. The van der Waals surface area contributed by atoms with Crippen LogP contribution >= 0.6 is 0 Å². The Balaban J connectivity index is 0.000000745. The van der Waals surface area contributed by atoms with Crippen molar-refractivity contribution in [2.75, 3.05) is 17.2 Å². The molecule has 122 valence electrons. The Morgan fingerprint density at radius 3 is 2.77 bits per heavy atom. The first kappa shape index (κ1) is 18.0. The summed E-state index contributed by atoms with van der Waals surface area (Å²) in [5, 5.41) is 24.3. The van der Waals surface area contributed by atoms with Gasteiger partial charge in [-0.25, -0.2) is 0 Å². The lowest BCUT2D eigenvalue weighted by molar-refractivity contribution is -0.106. The summed E-state index contributed by atoms with van der Waals surface area (Å²) < 4.78 is 0. The number of carbonyl (C=O) groups excluding carboxylic acids is 1. The number of hydrogen-bond donors (Lipinski definition) is 5. The molecule has 6 nitrogen and oxygen atoms in total. The van der Waals surface area contributed by atoms with Crippen molar-refractivity contribution >= 4 is 23.5 Å². The molecule has 0 radical (unpaired) electrons. The number of primary amides is 1. The van der Waals surface area contributed by atoms with Gasteiger partial charge in [-0.05, 0) is 35.6 Å². The van der Waals surface area contributed by atoms with Crippen molar-refractivity contribution < 1.29 is 9.90 Å². The number of amides is 1. The smallest absolute Gasteiger partial charge is 0.204 e. The molecule has 1 aromatic rings. The maximum atomic E-state index is 10.0. The van der Waals surface area contributed by atoms with Crippen LogP contribution in [0.5, 0.6) is 0 Å². The summed E-state index contributed by atoms with van der Waals surface area (Å²) in [6, 6.07) is 6.06. The largest absolute Gasteiger partial charge is 0.384 e. The first-order valence-corrected chi connectivity index (χ1v) is 7.32. The molecule has 1 aromatic carbocycles. The second kappa shape index (κ2) is 7.79. The molecular formula is C16H26N4O2. The molecule has 0 saturated carbocycles. The van der Waals surface area contributed by atoms with Crippen molar-refractivity contribution in [3.05, 3.63) is 23.8 Å².